The van der Waals surface area contributed by atoms with Crippen LogP contribution in [0.4, 0.5) is 0 Å². The van der Waals surface area contributed by atoms with Crippen LogP contribution in [-0.2, 0) is 6.42 Å². The lowest BCUT2D eigenvalue weighted by Crippen LogP contribution is -1.91. The number of aromatic amines is 1. The summed E-state index contributed by atoms with van der Waals surface area (Å²) in [7, 11) is 0. The Hall–Kier alpha value is -0.510. The van der Waals surface area contributed by atoms with Gasteiger partial charge >= 0.3 is 0 Å². The van der Waals surface area contributed by atoms with Crippen molar-refractivity contribution in [3.05, 3.63) is 11.6 Å². The highest BCUT2D eigenvalue weighted by atomic mass is 32.2. The van der Waals surface area contributed by atoms with Gasteiger partial charge in [0, 0.05) is 6.42 Å². The molecule has 1 aromatic heterocycles. The quantitative estimate of drug-likeness (QED) is 0.761. The number of rotatable bonds is 2. The molecule has 1 atom stereocenters. The van der Waals surface area contributed by atoms with E-state index in [1.807, 2.05) is 11.8 Å². The first-order valence-electron chi connectivity index (χ1n) is 4.43. The van der Waals surface area contributed by atoms with Gasteiger partial charge in [0.05, 0.1) is 5.25 Å². The number of nitrogens with one attached hydrogen (secondary N) is 1. The van der Waals surface area contributed by atoms with Crippen LogP contribution < -0.4 is 0 Å². The summed E-state index contributed by atoms with van der Waals surface area (Å²) in [5.74, 6) is 3.28. The molecular weight excluding hydrogens is 170 g/mol. The molecule has 0 amide bonds. The number of thioether (sulfide) groups is 1. The van der Waals surface area contributed by atoms with Gasteiger partial charge in [-0.15, -0.1) is 0 Å². The standard InChI is InChI=1S/C8H13N3S/c1-2-7-9-8(11-10-7)6-4-3-5-12-6/h6H,2-5H2,1H3,(H,9,10,11). The second-order valence-electron chi connectivity index (χ2n) is 3.00. The number of nitrogens with zero attached hydrogens (tertiary/aromatic N) is 2. The van der Waals surface area contributed by atoms with Crippen LogP contribution in [-0.4, -0.2) is 20.9 Å². The highest BCUT2D eigenvalue weighted by Crippen LogP contribution is 2.37. The zero-order valence-corrected chi connectivity index (χ0v) is 8.02. The molecule has 0 aromatic carbocycles. The molecule has 0 spiro atoms. The zero-order chi connectivity index (χ0) is 8.39. The van der Waals surface area contributed by atoms with E-state index in [4.69, 9.17) is 0 Å². The summed E-state index contributed by atoms with van der Waals surface area (Å²) in [6.07, 6.45) is 3.50. The van der Waals surface area contributed by atoms with Gasteiger partial charge in [-0.3, -0.25) is 5.10 Å². The molecule has 1 unspecified atom stereocenters. The molecule has 12 heavy (non-hydrogen) atoms. The second kappa shape index (κ2) is 3.47. The molecule has 1 aromatic rings. The molecule has 0 bridgehead atoms. The smallest absolute Gasteiger partial charge is 0.163 e. The normalized spacial score (nSPS) is 23.2. The van der Waals surface area contributed by atoms with Crippen LogP contribution in [0.1, 0.15) is 36.7 Å². The first-order chi connectivity index (χ1) is 5.90. The lowest BCUT2D eigenvalue weighted by molar-refractivity contribution is 0.781. The van der Waals surface area contributed by atoms with Gasteiger partial charge in [0.1, 0.15) is 5.82 Å². The average Bonchev–Trinajstić information content (AvgIpc) is 2.75. The van der Waals surface area contributed by atoms with Crippen LogP contribution in [0.15, 0.2) is 0 Å². The fourth-order valence-electron chi connectivity index (χ4n) is 1.39. The van der Waals surface area contributed by atoms with E-state index in [-0.39, 0.29) is 0 Å². The van der Waals surface area contributed by atoms with Gasteiger partial charge < -0.3 is 0 Å². The Bertz CT molecular complexity index is 253. The summed E-state index contributed by atoms with van der Waals surface area (Å²) < 4.78 is 0. The number of aromatic nitrogens is 3. The van der Waals surface area contributed by atoms with Crippen molar-refractivity contribution in [1.29, 1.82) is 0 Å². The molecule has 2 rings (SSSR count). The summed E-state index contributed by atoms with van der Waals surface area (Å²) in [6.45, 7) is 2.09. The average molecular weight is 183 g/mol. The van der Waals surface area contributed by atoms with E-state index in [1.54, 1.807) is 0 Å². The molecular formula is C8H13N3S. The lowest BCUT2D eigenvalue weighted by atomic mass is 10.2. The number of hydrogen-bond donors (Lipinski definition) is 1. The fraction of sp³-hybridized carbons (Fsp3) is 0.750. The lowest BCUT2D eigenvalue weighted by Gasteiger charge is -1.99. The molecule has 1 fully saturated rings. The number of hydrogen-bond acceptors (Lipinski definition) is 3. The van der Waals surface area contributed by atoms with E-state index in [0.29, 0.717) is 5.25 Å². The van der Waals surface area contributed by atoms with Gasteiger partial charge in [0.25, 0.3) is 0 Å². The number of H-pyrrole nitrogens is 1. The largest absolute Gasteiger partial charge is 0.263 e. The van der Waals surface area contributed by atoms with Crippen LogP contribution in [0.3, 0.4) is 0 Å². The number of aryl methyl sites for hydroxylation is 1. The van der Waals surface area contributed by atoms with E-state index >= 15 is 0 Å². The van der Waals surface area contributed by atoms with Crippen molar-refractivity contribution in [3.63, 3.8) is 0 Å². The minimum absolute atomic E-state index is 0.557. The van der Waals surface area contributed by atoms with E-state index in [9.17, 15) is 0 Å². The van der Waals surface area contributed by atoms with Crippen molar-refractivity contribution in [2.75, 3.05) is 5.75 Å². The molecule has 0 radical (unpaired) electrons. The summed E-state index contributed by atoms with van der Waals surface area (Å²) in [4.78, 5) is 4.42. The molecule has 1 N–H and O–H groups in total. The van der Waals surface area contributed by atoms with Crippen LogP contribution >= 0.6 is 11.8 Å². The predicted octanol–water partition coefficient (Wildman–Crippen LogP) is 1.94. The molecule has 0 saturated carbocycles. The van der Waals surface area contributed by atoms with Crippen molar-refractivity contribution >= 4 is 11.8 Å². The topological polar surface area (TPSA) is 41.6 Å². The summed E-state index contributed by atoms with van der Waals surface area (Å²) in [5, 5.41) is 7.73. The van der Waals surface area contributed by atoms with Crippen molar-refractivity contribution in [1.82, 2.24) is 15.2 Å². The third-order valence-corrected chi connectivity index (χ3v) is 3.47. The second-order valence-corrected chi connectivity index (χ2v) is 4.31. The Morgan fingerprint density at radius 1 is 1.67 bits per heavy atom. The highest BCUT2D eigenvalue weighted by molar-refractivity contribution is 7.99. The molecule has 2 heterocycles. The Morgan fingerprint density at radius 2 is 2.58 bits per heavy atom. The maximum absolute atomic E-state index is 4.42. The van der Waals surface area contributed by atoms with Gasteiger partial charge in [-0.1, -0.05) is 6.92 Å². The molecule has 4 heteroatoms. The molecule has 1 aliphatic rings. The maximum Gasteiger partial charge on any atom is 0.163 e. The van der Waals surface area contributed by atoms with Crippen LogP contribution in [0.2, 0.25) is 0 Å². The minimum Gasteiger partial charge on any atom is -0.263 e. The molecule has 3 nitrogen and oxygen atoms in total. The van der Waals surface area contributed by atoms with E-state index < -0.39 is 0 Å². The first kappa shape index (κ1) is 8.10. The fourth-order valence-corrected chi connectivity index (χ4v) is 2.60. The Kier molecular flexibility index (Phi) is 2.35. The summed E-state index contributed by atoms with van der Waals surface area (Å²) in [6, 6.07) is 0. The van der Waals surface area contributed by atoms with Crippen LogP contribution in [0.25, 0.3) is 0 Å². The Labute approximate surface area is 76.4 Å². The van der Waals surface area contributed by atoms with Gasteiger partial charge in [-0.05, 0) is 18.6 Å². The summed E-state index contributed by atoms with van der Waals surface area (Å²) >= 11 is 1.97. The summed E-state index contributed by atoms with van der Waals surface area (Å²) in [5.41, 5.74) is 0. The monoisotopic (exact) mass is 183 g/mol. The molecule has 1 aliphatic heterocycles. The highest BCUT2D eigenvalue weighted by Gasteiger charge is 2.21. The van der Waals surface area contributed by atoms with Crippen molar-refractivity contribution in [3.8, 4) is 0 Å². The van der Waals surface area contributed by atoms with E-state index in [0.717, 1.165) is 18.1 Å². The minimum atomic E-state index is 0.557. The first-order valence-corrected chi connectivity index (χ1v) is 5.48. The van der Waals surface area contributed by atoms with Gasteiger partial charge in [-0.25, -0.2) is 4.98 Å². The predicted molar refractivity (Wildman–Crippen MR) is 50.2 cm³/mol. The van der Waals surface area contributed by atoms with Crippen molar-refractivity contribution < 1.29 is 0 Å². The molecule has 66 valence electrons. The molecule has 0 aliphatic carbocycles. The van der Waals surface area contributed by atoms with Gasteiger partial charge in [0.15, 0.2) is 5.82 Å². The zero-order valence-electron chi connectivity index (χ0n) is 7.21. The van der Waals surface area contributed by atoms with Crippen molar-refractivity contribution in [2.24, 2.45) is 0 Å². The molecule has 1 saturated heterocycles. The SMILES string of the molecule is CCc1nc(C2CCCS2)n[nH]1. The Balaban J connectivity index is 2.11. The van der Waals surface area contributed by atoms with Crippen LogP contribution in [0.5, 0.6) is 0 Å². The third-order valence-electron chi connectivity index (χ3n) is 2.10. The Morgan fingerprint density at radius 3 is 3.17 bits per heavy atom. The van der Waals surface area contributed by atoms with E-state index in [1.165, 1.54) is 18.6 Å². The van der Waals surface area contributed by atoms with Gasteiger partial charge in [0.2, 0.25) is 0 Å². The van der Waals surface area contributed by atoms with E-state index in [2.05, 4.69) is 22.1 Å². The van der Waals surface area contributed by atoms with Gasteiger partial charge in [-0.2, -0.15) is 16.9 Å². The van der Waals surface area contributed by atoms with Crippen molar-refractivity contribution in [2.45, 2.75) is 31.4 Å². The third kappa shape index (κ3) is 1.48. The maximum atomic E-state index is 4.42. The van der Waals surface area contributed by atoms with Crippen LogP contribution in [0, 0.1) is 0 Å².